The van der Waals surface area contributed by atoms with Gasteiger partial charge in [0.25, 0.3) is 0 Å². The fourth-order valence-corrected chi connectivity index (χ4v) is 5.30. The standard InChI is InChI=1S/C27H35NO2S/c1-5-8-22(3)23-13-16-28(17-14-23)18-15-27(24-10-6-9-21(2)19-24)25-11-7-12-26(20-25)31(4,29)30/h5-12,19-20,23,27H,1,13-18H2,2-4H3/b22-8+. The zero-order valence-electron chi connectivity index (χ0n) is 19.0. The first-order valence-corrected chi connectivity index (χ1v) is 13.0. The molecular formula is C27H35NO2S. The van der Waals surface area contributed by atoms with Gasteiger partial charge in [-0.1, -0.05) is 66.3 Å². The van der Waals surface area contributed by atoms with E-state index in [4.69, 9.17) is 0 Å². The van der Waals surface area contributed by atoms with Crippen molar-refractivity contribution in [3.63, 3.8) is 0 Å². The van der Waals surface area contributed by atoms with E-state index in [2.05, 4.69) is 61.7 Å². The van der Waals surface area contributed by atoms with Gasteiger partial charge in [-0.15, -0.1) is 0 Å². The van der Waals surface area contributed by atoms with Gasteiger partial charge in [-0.3, -0.25) is 0 Å². The molecule has 1 heterocycles. The molecule has 3 rings (SSSR count). The molecule has 3 nitrogen and oxygen atoms in total. The van der Waals surface area contributed by atoms with Crippen LogP contribution in [0.5, 0.6) is 0 Å². The number of hydrogen-bond donors (Lipinski definition) is 0. The molecule has 1 unspecified atom stereocenters. The van der Waals surface area contributed by atoms with Crippen LogP contribution in [-0.4, -0.2) is 39.2 Å². The second-order valence-corrected chi connectivity index (χ2v) is 10.9. The smallest absolute Gasteiger partial charge is 0.175 e. The van der Waals surface area contributed by atoms with E-state index in [-0.39, 0.29) is 5.92 Å². The van der Waals surface area contributed by atoms with Crippen LogP contribution in [0.15, 0.2) is 77.7 Å². The topological polar surface area (TPSA) is 37.4 Å². The van der Waals surface area contributed by atoms with Crippen molar-refractivity contribution in [3.8, 4) is 0 Å². The number of piperidine rings is 1. The highest BCUT2D eigenvalue weighted by Crippen LogP contribution is 2.31. The van der Waals surface area contributed by atoms with Gasteiger partial charge in [-0.2, -0.15) is 0 Å². The summed E-state index contributed by atoms with van der Waals surface area (Å²) in [6.07, 6.45) is 8.66. The molecule has 2 aromatic carbocycles. The number of allylic oxidation sites excluding steroid dienone is 3. The molecule has 1 aliphatic heterocycles. The van der Waals surface area contributed by atoms with Crippen LogP contribution in [0.1, 0.15) is 48.8 Å². The molecule has 4 heteroatoms. The highest BCUT2D eigenvalue weighted by molar-refractivity contribution is 7.90. The number of sulfone groups is 1. The molecule has 0 aliphatic carbocycles. The van der Waals surface area contributed by atoms with Gasteiger partial charge in [0, 0.05) is 12.2 Å². The van der Waals surface area contributed by atoms with Gasteiger partial charge in [0.15, 0.2) is 9.84 Å². The molecule has 1 aliphatic rings. The first kappa shape index (κ1) is 23.5. The molecule has 31 heavy (non-hydrogen) atoms. The predicted molar refractivity (Wildman–Crippen MR) is 130 cm³/mol. The molecular weight excluding hydrogens is 402 g/mol. The summed E-state index contributed by atoms with van der Waals surface area (Å²) in [5.41, 5.74) is 5.00. The van der Waals surface area contributed by atoms with Gasteiger partial charge in [0.2, 0.25) is 0 Å². The first-order valence-electron chi connectivity index (χ1n) is 11.2. The Morgan fingerprint density at radius 2 is 1.77 bits per heavy atom. The SMILES string of the molecule is C=C/C=C(\C)C1CCN(CCC(c2cccc(C)c2)c2cccc(S(C)(=O)=O)c2)CC1. The summed E-state index contributed by atoms with van der Waals surface area (Å²) < 4.78 is 24.2. The van der Waals surface area contributed by atoms with Crippen LogP contribution < -0.4 is 0 Å². The number of nitrogens with zero attached hydrogens (tertiary/aromatic N) is 1. The van der Waals surface area contributed by atoms with Crippen molar-refractivity contribution in [2.45, 2.75) is 43.9 Å². The largest absolute Gasteiger partial charge is 0.303 e. The van der Waals surface area contributed by atoms with E-state index in [9.17, 15) is 8.42 Å². The van der Waals surface area contributed by atoms with Gasteiger partial charge < -0.3 is 4.90 Å². The van der Waals surface area contributed by atoms with Gasteiger partial charge in [0.05, 0.1) is 4.90 Å². The zero-order chi connectivity index (χ0) is 22.4. The van der Waals surface area contributed by atoms with Gasteiger partial charge >= 0.3 is 0 Å². The minimum Gasteiger partial charge on any atom is -0.303 e. The third-order valence-corrected chi connectivity index (χ3v) is 7.59. The Balaban J connectivity index is 1.77. The second kappa shape index (κ2) is 10.4. The van der Waals surface area contributed by atoms with E-state index in [0.717, 1.165) is 31.6 Å². The van der Waals surface area contributed by atoms with Crippen molar-refractivity contribution in [3.05, 3.63) is 89.5 Å². The average Bonchev–Trinajstić information content (AvgIpc) is 2.74. The van der Waals surface area contributed by atoms with Crippen molar-refractivity contribution >= 4 is 9.84 Å². The van der Waals surface area contributed by atoms with Crippen molar-refractivity contribution in [1.29, 1.82) is 0 Å². The van der Waals surface area contributed by atoms with Gasteiger partial charge in [-0.25, -0.2) is 8.42 Å². The minimum atomic E-state index is -3.23. The number of likely N-dealkylation sites (tertiary alicyclic amines) is 1. The van der Waals surface area contributed by atoms with Crippen LogP contribution in [0.2, 0.25) is 0 Å². The number of benzene rings is 2. The lowest BCUT2D eigenvalue weighted by Gasteiger charge is -2.33. The summed E-state index contributed by atoms with van der Waals surface area (Å²) >= 11 is 0. The Morgan fingerprint density at radius 1 is 1.13 bits per heavy atom. The van der Waals surface area contributed by atoms with Crippen molar-refractivity contribution in [2.75, 3.05) is 25.9 Å². The summed E-state index contributed by atoms with van der Waals surface area (Å²) in [5.74, 6) is 0.843. The number of aryl methyl sites for hydroxylation is 1. The van der Waals surface area contributed by atoms with Gasteiger partial charge in [-0.05, 0) is 81.9 Å². The summed E-state index contributed by atoms with van der Waals surface area (Å²) in [4.78, 5) is 2.95. The Bertz CT molecular complexity index is 1030. The van der Waals surface area contributed by atoms with Crippen LogP contribution in [0.3, 0.4) is 0 Å². The Labute approximate surface area is 188 Å². The lowest BCUT2D eigenvalue weighted by molar-refractivity contribution is 0.194. The summed E-state index contributed by atoms with van der Waals surface area (Å²) in [6.45, 7) is 11.4. The number of hydrogen-bond acceptors (Lipinski definition) is 3. The Kier molecular flexibility index (Phi) is 7.90. The molecule has 1 fully saturated rings. The molecule has 0 bridgehead atoms. The highest BCUT2D eigenvalue weighted by Gasteiger charge is 2.22. The molecule has 0 radical (unpaired) electrons. The van der Waals surface area contributed by atoms with E-state index < -0.39 is 9.84 Å². The Morgan fingerprint density at radius 3 is 2.39 bits per heavy atom. The molecule has 0 N–H and O–H groups in total. The van der Waals surface area contributed by atoms with Crippen LogP contribution in [0, 0.1) is 12.8 Å². The van der Waals surface area contributed by atoms with E-state index >= 15 is 0 Å². The summed E-state index contributed by atoms with van der Waals surface area (Å²) in [6, 6.07) is 16.1. The fourth-order valence-electron chi connectivity index (χ4n) is 4.62. The lowest BCUT2D eigenvalue weighted by Crippen LogP contribution is -2.35. The average molecular weight is 438 g/mol. The maximum Gasteiger partial charge on any atom is 0.175 e. The number of rotatable bonds is 8. The van der Waals surface area contributed by atoms with Crippen molar-refractivity contribution in [2.24, 2.45) is 5.92 Å². The molecule has 1 saturated heterocycles. The lowest BCUT2D eigenvalue weighted by atomic mass is 9.86. The molecule has 0 spiro atoms. The molecule has 166 valence electrons. The fraction of sp³-hybridized carbons (Fsp3) is 0.407. The van der Waals surface area contributed by atoms with Crippen molar-refractivity contribution in [1.82, 2.24) is 4.90 Å². The van der Waals surface area contributed by atoms with Crippen LogP contribution in [0.25, 0.3) is 0 Å². The van der Waals surface area contributed by atoms with Crippen LogP contribution in [0.4, 0.5) is 0 Å². The first-order chi connectivity index (χ1) is 14.8. The summed E-state index contributed by atoms with van der Waals surface area (Å²) in [5, 5.41) is 0. The molecule has 2 aromatic rings. The van der Waals surface area contributed by atoms with Gasteiger partial charge in [0.1, 0.15) is 0 Å². The zero-order valence-corrected chi connectivity index (χ0v) is 19.9. The van der Waals surface area contributed by atoms with E-state index in [1.807, 2.05) is 18.2 Å². The van der Waals surface area contributed by atoms with Crippen LogP contribution in [-0.2, 0) is 9.84 Å². The highest BCUT2D eigenvalue weighted by atomic mass is 32.2. The van der Waals surface area contributed by atoms with E-state index in [1.54, 1.807) is 6.07 Å². The van der Waals surface area contributed by atoms with E-state index in [0.29, 0.717) is 10.8 Å². The predicted octanol–water partition coefficient (Wildman–Crippen LogP) is 5.76. The normalized spacial score (nSPS) is 17.5. The van der Waals surface area contributed by atoms with Crippen LogP contribution >= 0.6 is 0 Å². The molecule has 0 saturated carbocycles. The molecule has 1 atom stereocenters. The maximum atomic E-state index is 12.1. The third-order valence-electron chi connectivity index (χ3n) is 6.48. The third kappa shape index (κ3) is 6.41. The molecule has 0 amide bonds. The maximum absolute atomic E-state index is 12.1. The van der Waals surface area contributed by atoms with Crippen molar-refractivity contribution < 1.29 is 8.42 Å². The second-order valence-electron chi connectivity index (χ2n) is 8.86. The Hall–Kier alpha value is -2.17. The minimum absolute atomic E-state index is 0.182. The quantitative estimate of drug-likeness (QED) is 0.492. The molecule has 0 aromatic heterocycles. The monoisotopic (exact) mass is 437 g/mol. The summed E-state index contributed by atoms with van der Waals surface area (Å²) in [7, 11) is -3.23. The van der Waals surface area contributed by atoms with E-state index in [1.165, 1.54) is 35.8 Å².